The van der Waals surface area contributed by atoms with Crippen molar-refractivity contribution in [2.24, 2.45) is 5.92 Å². The lowest BCUT2D eigenvalue weighted by molar-refractivity contribution is 0.0268. The van der Waals surface area contributed by atoms with Gasteiger partial charge in [-0.15, -0.1) is 0 Å². The molecule has 3 rings (SSSR count). The minimum Gasteiger partial charge on any atom is -0.311 e. The Morgan fingerprint density at radius 3 is 2.81 bits per heavy atom. The quantitative estimate of drug-likeness (QED) is 0.913. The third-order valence-electron chi connectivity index (χ3n) is 5.53. The van der Waals surface area contributed by atoms with Crippen LogP contribution in [0.1, 0.15) is 44.2 Å². The summed E-state index contributed by atoms with van der Waals surface area (Å²) >= 11 is 0. The fourth-order valence-electron chi connectivity index (χ4n) is 3.64. The first-order valence-electron chi connectivity index (χ1n) is 8.26. The fourth-order valence-corrected chi connectivity index (χ4v) is 3.64. The number of piperazine rings is 1. The SMILES string of the molecule is CCC1CN(Cc2cc(F)ccc2C)C(C)(C2CC2)CN1. The normalized spacial score (nSPS) is 30.6. The van der Waals surface area contributed by atoms with Crippen molar-refractivity contribution in [1.82, 2.24) is 10.2 Å². The molecule has 3 heteroatoms. The molecule has 1 aliphatic carbocycles. The molecule has 0 amide bonds. The molecule has 0 spiro atoms. The molecule has 1 saturated carbocycles. The number of benzene rings is 1. The summed E-state index contributed by atoms with van der Waals surface area (Å²) in [5.41, 5.74) is 2.56. The van der Waals surface area contributed by atoms with Crippen molar-refractivity contribution < 1.29 is 4.39 Å². The van der Waals surface area contributed by atoms with E-state index in [9.17, 15) is 4.39 Å². The Morgan fingerprint density at radius 2 is 2.14 bits per heavy atom. The largest absolute Gasteiger partial charge is 0.311 e. The molecular weight excluding hydrogens is 263 g/mol. The third kappa shape index (κ3) is 3.00. The molecule has 0 bridgehead atoms. The molecule has 1 N–H and O–H groups in total. The number of nitrogens with one attached hydrogen (secondary N) is 1. The van der Waals surface area contributed by atoms with E-state index in [0.717, 1.165) is 37.5 Å². The molecule has 1 saturated heterocycles. The first-order valence-corrected chi connectivity index (χ1v) is 8.26. The molecule has 2 aliphatic rings. The zero-order valence-corrected chi connectivity index (χ0v) is 13.5. The van der Waals surface area contributed by atoms with E-state index in [0.29, 0.717) is 6.04 Å². The number of hydrogen-bond donors (Lipinski definition) is 1. The number of aryl methyl sites for hydroxylation is 1. The summed E-state index contributed by atoms with van der Waals surface area (Å²) in [5.74, 6) is 0.683. The van der Waals surface area contributed by atoms with Crippen LogP contribution in [0.4, 0.5) is 4.39 Å². The van der Waals surface area contributed by atoms with Crippen molar-refractivity contribution in [3.8, 4) is 0 Å². The Hall–Kier alpha value is -0.930. The fraction of sp³-hybridized carbons (Fsp3) is 0.667. The molecular formula is C18H27FN2. The van der Waals surface area contributed by atoms with E-state index < -0.39 is 0 Å². The molecule has 1 heterocycles. The van der Waals surface area contributed by atoms with E-state index in [1.54, 1.807) is 12.1 Å². The maximum atomic E-state index is 13.6. The van der Waals surface area contributed by atoms with Gasteiger partial charge < -0.3 is 5.32 Å². The molecule has 1 aliphatic heterocycles. The van der Waals surface area contributed by atoms with Crippen molar-refractivity contribution >= 4 is 0 Å². The Kier molecular flexibility index (Phi) is 4.06. The van der Waals surface area contributed by atoms with Crippen LogP contribution in [-0.4, -0.2) is 29.6 Å². The molecule has 1 aromatic rings. The molecule has 0 aromatic heterocycles. The molecule has 2 nitrogen and oxygen atoms in total. The molecule has 116 valence electrons. The van der Waals surface area contributed by atoms with Crippen molar-refractivity contribution in [3.05, 3.63) is 35.1 Å². The summed E-state index contributed by atoms with van der Waals surface area (Å²) < 4.78 is 13.6. The maximum Gasteiger partial charge on any atom is 0.123 e. The summed E-state index contributed by atoms with van der Waals surface area (Å²) in [6, 6.07) is 5.74. The number of rotatable bonds is 4. The third-order valence-corrected chi connectivity index (χ3v) is 5.53. The predicted octanol–water partition coefficient (Wildman–Crippen LogP) is 3.49. The van der Waals surface area contributed by atoms with Gasteiger partial charge in [0, 0.05) is 31.2 Å². The second-order valence-corrected chi connectivity index (χ2v) is 7.07. The van der Waals surface area contributed by atoms with Crippen molar-refractivity contribution in [3.63, 3.8) is 0 Å². The molecule has 21 heavy (non-hydrogen) atoms. The predicted molar refractivity (Wildman–Crippen MR) is 84.8 cm³/mol. The van der Waals surface area contributed by atoms with Crippen molar-refractivity contribution in [2.45, 2.75) is 58.2 Å². The van der Waals surface area contributed by atoms with Crippen LogP contribution in [0.5, 0.6) is 0 Å². The van der Waals surface area contributed by atoms with E-state index in [1.807, 2.05) is 6.07 Å². The summed E-state index contributed by atoms with van der Waals surface area (Å²) in [5, 5.41) is 3.71. The average molecular weight is 290 g/mol. The maximum absolute atomic E-state index is 13.6. The molecule has 0 radical (unpaired) electrons. The zero-order chi connectivity index (χ0) is 15.0. The lowest BCUT2D eigenvalue weighted by atomic mass is 9.88. The summed E-state index contributed by atoms with van der Waals surface area (Å²) in [6.07, 6.45) is 3.83. The van der Waals surface area contributed by atoms with Crippen LogP contribution in [0.2, 0.25) is 0 Å². The highest BCUT2D eigenvalue weighted by atomic mass is 19.1. The number of nitrogens with zero attached hydrogens (tertiary/aromatic N) is 1. The van der Waals surface area contributed by atoms with Gasteiger partial charge in [0.1, 0.15) is 5.82 Å². The van der Waals surface area contributed by atoms with E-state index >= 15 is 0 Å². The second-order valence-electron chi connectivity index (χ2n) is 7.07. The highest BCUT2D eigenvalue weighted by molar-refractivity contribution is 5.27. The van der Waals surface area contributed by atoms with Crippen LogP contribution in [0.3, 0.4) is 0 Å². The average Bonchev–Trinajstić information content (AvgIpc) is 3.30. The van der Waals surface area contributed by atoms with Gasteiger partial charge >= 0.3 is 0 Å². The van der Waals surface area contributed by atoms with Crippen LogP contribution in [0, 0.1) is 18.7 Å². The van der Waals surface area contributed by atoms with Gasteiger partial charge in [0.05, 0.1) is 0 Å². The second kappa shape index (κ2) is 5.69. The first kappa shape index (κ1) is 15.0. The lowest BCUT2D eigenvalue weighted by Crippen LogP contribution is -2.63. The van der Waals surface area contributed by atoms with Gasteiger partial charge in [0.25, 0.3) is 0 Å². The van der Waals surface area contributed by atoms with Gasteiger partial charge in [-0.25, -0.2) is 4.39 Å². The van der Waals surface area contributed by atoms with E-state index in [-0.39, 0.29) is 11.4 Å². The van der Waals surface area contributed by atoms with Crippen molar-refractivity contribution in [1.29, 1.82) is 0 Å². The Morgan fingerprint density at radius 1 is 1.38 bits per heavy atom. The Bertz CT molecular complexity index is 512. The van der Waals surface area contributed by atoms with Crippen LogP contribution < -0.4 is 5.32 Å². The first-order chi connectivity index (χ1) is 10.0. The van der Waals surface area contributed by atoms with Crippen molar-refractivity contribution in [2.75, 3.05) is 13.1 Å². The van der Waals surface area contributed by atoms with Crippen LogP contribution >= 0.6 is 0 Å². The van der Waals surface area contributed by atoms with Crippen LogP contribution in [0.15, 0.2) is 18.2 Å². The molecule has 1 aromatic carbocycles. The highest BCUT2D eigenvalue weighted by Crippen LogP contribution is 2.44. The number of hydrogen-bond acceptors (Lipinski definition) is 2. The summed E-state index contributed by atoms with van der Waals surface area (Å²) in [6.45, 7) is 9.71. The standard InChI is InChI=1S/C18H27FN2/c1-4-17-11-21(18(3,12-20-17)15-6-7-15)10-14-9-16(19)8-5-13(14)2/h5,8-9,15,17,20H,4,6-7,10-12H2,1-3H3. The highest BCUT2D eigenvalue weighted by Gasteiger charge is 2.47. The monoisotopic (exact) mass is 290 g/mol. The van der Waals surface area contributed by atoms with E-state index in [2.05, 4.69) is 31.0 Å². The van der Waals surface area contributed by atoms with Gasteiger partial charge in [-0.1, -0.05) is 13.0 Å². The Labute approximate surface area is 127 Å². The van der Waals surface area contributed by atoms with Gasteiger partial charge in [-0.05, 0) is 62.3 Å². The molecule has 2 fully saturated rings. The van der Waals surface area contributed by atoms with E-state index in [4.69, 9.17) is 0 Å². The van der Waals surface area contributed by atoms with E-state index in [1.165, 1.54) is 18.4 Å². The van der Waals surface area contributed by atoms with Gasteiger partial charge in [0.2, 0.25) is 0 Å². The minimum atomic E-state index is -0.120. The molecule has 2 atom stereocenters. The van der Waals surface area contributed by atoms with Gasteiger partial charge in [-0.3, -0.25) is 4.90 Å². The number of halogens is 1. The van der Waals surface area contributed by atoms with Gasteiger partial charge in [0.15, 0.2) is 0 Å². The zero-order valence-electron chi connectivity index (χ0n) is 13.5. The van der Waals surface area contributed by atoms with Crippen LogP contribution in [-0.2, 0) is 6.54 Å². The lowest BCUT2D eigenvalue weighted by Gasteiger charge is -2.49. The van der Waals surface area contributed by atoms with Gasteiger partial charge in [-0.2, -0.15) is 0 Å². The smallest absolute Gasteiger partial charge is 0.123 e. The minimum absolute atomic E-state index is 0.120. The van der Waals surface area contributed by atoms with Crippen LogP contribution in [0.25, 0.3) is 0 Å². The summed E-state index contributed by atoms with van der Waals surface area (Å²) in [7, 11) is 0. The Balaban J connectivity index is 1.83. The topological polar surface area (TPSA) is 15.3 Å². The molecule has 2 unspecified atom stereocenters. The summed E-state index contributed by atoms with van der Waals surface area (Å²) in [4.78, 5) is 2.61.